The van der Waals surface area contributed by atoms with Crippen molar-refractivity contribution in [2.75, 3.05) is 5.75 Å². The first-order valence-corrected chi connectivity index (χ1v) is 3.99. The lowest BCUT2D eigenvalue weighted by Gasteiger charge is -2.15. The van der Waals surface area contributed by atoms with Crippen LogP contribution in [-0.2, 0) is 9.59 Å². The number of primary amides is 1. The molecule has 56 valence electrons. The monoisotopic (exact) mass is 159 g/mol. The summed E-state index contributed by atoms with van der Waals surface area (Å²) in [7, 11) is 0. The molecule has 0 aromatic heterocycles. The number of rotatable bonds is 1. The maximum absolute atomic E-state index is 10.7. The third-order valence-electron chi connectivity index (χ3n) is 1.61. The highest BCUT2D eigenvalue weighted by Crippen LogP contribution is 2.35. The number of hydrogen-bond donors (Lipinski definition) is 1. The number of amides is 1. The standard InChI is InChI=1S/C6H9NO2S/c1-6(5(7)9)2-4(8)3-10-6/h2-3H2,1H3,(H2,7,9)/t6-/m1/s1. The van der Waals surface area contributed by atoms with Gasteiger partial charge in [0.15, 0.2) is 0 Å². The van der Waals surface area contributed by atoms with E-state index in [1.807, 2.05) is 0 Å². The summed E-state index contributed by atoms with van der Waals surface area (Å²) in [5.41, 5.74) is 5.08. The van der Waals surface area contributed by atoms with Gasteiger partial charge in [-0.3, -0.25) is 9.59 Å². The molecule has 1 heterocycles. The predicted octanol–water partition coefficient (Wildman–Crippen LogP) is -0.0636. The summed E-state index contributed by atoms with van der Waals surface area (Å²) in [5, 5.41) is 0. The molecular weight excluding hydrogens is 150 g/mol. The minimum absolute atomic E-state index is 0.117. The van der Waals surface area contributed by atoms with Gasteiger partial charge in [0, 0.05) is 6.42 Å². The largest absolute Gasteiger partial charge is 0.368 e. The molecule has 1 amide bonds. The lowest BCUT2D eigenvalue weighted by Crippen LogP contribution is -2.36. The Bertz CT molecular complexity index is 192. The van der Waals surface area contributed by atoms with E-state index in [1.165, 1.54) is 11.8 Å². The lowest BCUT2D eigenvalue weighted by molar-refractivity contribution is -0.123. The van der Waals surface area contributed by atoms with Crippen molar-refractivity contribution in [1.82, 2.24) is 0 Å². The van der Waals surface area contributed by atoms with Crippen LogP contribution in [0.15, 0.2) is 0 Å². The van der Waals surface area contributed by atoms with E-state index in [4.69, 9.17) is 5.73 Å². The Balaban J connectivity index is 2.72. The van der Waals surface area contributed by atoms with Crippen LogP contribution in [0.2, 0.25) is 0 Å². The molecule has 1 rings (SSSR count). The molecular formula is C6H9NO2S. The van der Waals surface area contributed by atoms with Crippen molar-refractivity contribution in [2.45, 2.75) is 18.1 Å². The highest BCUT2D eigenvalue weighted by atomic mass is 32.2. The smallest absolute Gasteiger partial charge is 0.233 e. The molecule has 3 nitrogen and oxygen atoms in total. The number of nitrogens with two attached hydrogens (primary N) is 1. The van der Waals surface area contributed by atoms with Gasteiger partial charge in [-0.15, -0.1) is 11.8 Å². The Morgan fingerprint density at radius 2 is 2.40 bits per heavy atom. The van der Waals surface area contributed by atoms with Crippen molar-refractivity contribution in [2.24, 2.45) is 5.73 Å². The molecule has 0 spiro atoms. The second kappa shape index (κ2) is 2.27. The number of ketones is 1. The number of hydrogen-bond acceptors (Lipinski definition) is 3. The second-order valence-corrected chi connectivity index (χ2v) is 4.08. The van der Waals surface area contributed by atoms with Gasteiger partial charge in [-0.25, -0.2) is 0 Å². The zero-order valence-electron chi connectivity index (χ0n) is 5.72. The molecule has 0 unspecified atom stereocenters. The van der Waals surface area contributed by atoms with Crippen LogP contribution >= 0.6 is 11.8 Å². The minimum atomic E-state index is -0.628. The molecule has 1 atom stereocenters. The lowest BCUT2D eigenvalue weighted by atomic mass is 10.1. The van der Waals surface area contributed by atoms with Crippen molar-refractivity contribution < 1.29 is 9.59 Å². The maximum Gasteiger partial charge on any atom is 0.233 e. The summed E-state index contributed by atoms with van der Waals surface area (Å²) in [6.07, 6.45) is 0.299. The van der Waals surface area contributed by atoms with Gasteiger partial charge in [0.1, 0.15) is 5.78 Å². The number of Topliss-reactive ketones (excluding diaryl/α,β-unsaturated/α-hetero) is 1. The average Bonchev–Trinajstić information content (AvgIpc) is 2.13. The predicted molar refractivity (Wildman–Crippen MR) is 39.7 cm³/mol. The van der Waals surface area contributed by atoms with Gasteiger partial charge in [0.05, 0.1) is 10.5 Å². The summed E-state index contributed by atoms with van der Waals surface area (Å²) < 4.78 is -0.628. The fourth-order valence-electron chi connectivity index (χ4n) is 0.876. The van der Waals surface area contributed by atoms with E-state index in [2.05, 4.69) is 0 Å². The topological polar surface area (TPSA) is 60.2 Å². The zero-order valence-corrected chi connectivity index (χ0v) is 6.53. The maximum atomic E-state index is 10.7. The van der Waals surface area contributed by atoms with Crippen LogP contribution in [0.3, 0.4) is 0 Å². The molecule has 0 aromatic rings. The van der Waals surface area contributed by atoms with Crippen LogP contribution in [0.1, 0.15) is 13.3 Å². The normalized spacial score (nSPS) is 32.7. The second-order valence-electron chi connectivity index (χ2n) is 2.60. The SMILES string of the molecule is C[C@]1(C(N)=O)CC(=O)CS1. The first kappa shape index (κ1) is 7.60. The van der Waals surface area contributed by atoms with Crippen LogP contribution in [0.25, 0.3) is 0 Å². The van der Waals surface area contributed by atoms with Crippen molar-refractivity contribution in [3.05, 3.63) is 0 Å². The summed E-state index contributed by atoms with van der Waals surface area (Å²) in [6, 6.07) is 0. The molecule has 0 bridgehead atoms. The molecule has 1 fully saturated rings. The molecule has 2 N–H and O–H groups in total. The van der Waals surface area contributed by atoms with Crippen LogP contribution < -0.4 is 5.73 Å². The minimum Gasteiger partial charge on any atom is -0.368 e. The van der Waals surface area contributed by atoms with Gasteiger partial charge in [-0.05, 0) is 6.92 Å². The van der Waals surface area contributed by atoms with Crippen molar-refractivity contribution >= 4 is 23.5 Å². The van der Waals surface area contributed by atoms with E-state index in [9.17, 15) is 9.59 Å². The van der Waals surface area contributed by atoms with Crippen molar-refractivity contribution in [3.8, 4) is 0 Å². The van der Waals surface area contributed by atoms with Gasteiger partial charge >= 0.3 is 0 Å². The van der Waals surface area contributed by atoms with Crippen molar-refractivity contribution in [3.63, 3.8) is 0 Å². The quantitative estimate of drug-likeness (QED) is 0.583. The molecule has 4 heteroatoms. The van der Waals surface area contributed by atoms with Gasteiger partial charge < -0.3 is 5.73 Å². The van der Waals surface area contributed by atoms with Crippen molar-refractivity contribution in [1.29, 1.82) is 0 Å². The van der Waals surface area contributed by atoms with Gasteiger partial charge in [0.25, 0.3) is 0 Å². The Labute approximate surface area is 63.3 Å². The molecule has 0 aliphatic carbocycles. The van der Waals surface area contributed by atoms with Gasteiger partial charge in [-0.1, -0.05) is 0 Å². The number of thioether (sulfide) groups is 1. The fourth-order valence-corrected chi connectivity index (χ4v) is 1.86. The fraction of sp³-hybridized carbons (Fsp3) is 0.667. The van der Waals surface area contributed by atoms with Crippen LogP contribution in [0.4, 0.5) is 0 Å². The molecule has 1 aliphatic heterocycles. The molecule has 10 heavy (non-hydrogen) atoms. The van der Waals surface area contributed by atoms with Crippen LogP contribution in [0, 0.1) is 0 Å². The highest BCUT2D eigenvalue weighted by Gasteiger charge is 2.39. The van der Waals surface area contributed by atoms with Gasteiger partial charge in [0.2, 0.25) is 5.91 Å². The number of carbonyl (C=O) groups is 2. The Kier molecular flexibility index (Phi) is 1.72. The van der Waals surface area contributed by atoms with Crippen LogP contribution in [0.5, 0.6) is 0 Å². The summed E-state index contributed by atoms with van der Waals surface area (Å²) in [6.45, 7) is 1.71. The van der Waals surface area contributed by atoms with Gasteiger partial charge in [-0.2, -0.15) is 0 Å². The van der Waals surface area contributed by atoms with E-state index in [-0.39, 0.29) is 11.7 Å². The summed E-state index contributed by atoms with van der Waals surface area (Å²) in [4.78, 5) is 21.5. The molecule has 0 radical (unpaired) electrons. The third kappa shape index (κ3) is 1.16. The summed E-state index contributed by atoms with van der Waals surface area (Å²) >= 11 is 1.34. The van der Waals surface area contributed by atoms with E-state index in [0.29, 0.717) is 12.2 Å². The third-order valence-corrected chi connectivity index (χ3v) is 3.06. The molecule has 1 saturated heterocycles. The highest BCUT2D eigenvalue weighted by molar-refractivity contribution is 8.02. The van der Waals surface area contributed by atoms with E-state index in [0.717, 1.165) is 0 Å². The first-order valence-electron chi connectivity index (χ1n) is 3.00. The zero-order chi connectivity index (χ0) is 7.78. The summed E-state index contributed by atoms with van der Waals surface area (Å²) in [5.74, 6) is 0.161. The molecule has 0 aromatic carbocycles. The molecule has 0 saturated carbocycles. The van der Waals surface area contributed by atoms with Crippen LogP contribution in [-0.4, -0.2) is 22.2 Å². The van der Waals surface area contributed by atoms with E-state index < -0.39 is 4.75 Å². The first-order chi connectivity index (χ1) is 4.54. The Morgan fingerprint density at radius 3 is 2.60 bits per heavy atom. The number of carbonyl (C=O) groups excluding carboxylic acids is 2. The Morgan fingerprint density at radius 1 is 1.80 bits per heavy atom. The Hall–Kier alpha value is -0.510. The molecule has 1 aliphatic rings. The average molecular weight is 159 g/mol. The van der Waals surface area contributed by atoms with E-state index >= 15 is 0 Å². The van der Waals surface area contributed by atoms with E-state index in [1.54, 1.807) is 6.92 Å².